The Balaban J connectivity index is 1.40. The number of thiazole rings is 1. The van der Waals surface area contributed by atoms with Crippen LogP contribution < -0.4 is 14.3 Å². The van der Waals surface area contributed by atoms with Gasteiger partial charge in [-0.25, -0.2) is 0 Å². The van der Waals surface area contributed by atoms with Crippen LogP contribution in [0.2, 0.25) is 5.02 Å². The fraction of sp³-hybridized carbons (Fsp3) is 0.263. The number of hydrogen-bond acceptors (Lipinski definition) is 5. The Labute approximate surface area is 169 Å². The second-order valence-electron chi connectivity index (χ2n) is 6.03. The highest BCUT2D eigenvalue weighted by Crippen LogP contribution is 2.36. The minimum atomic E-state index is -0.103. The average molecular weight is 421 g/mol. The van der Waals surface area contributed by atoms with E-state index in [0.29, 0.717) is 11.2 Å². The molecular weight excluding hydrogens is 404 g/mol. The third-order valence-corrected chi connectivity index (χ3v) is 6.59. The molecule has 0 bridgehead atoms. The molecule has 0 radical (unpaired) electrons. The third kappa shape index (κ3) is 4.15. The molecule has 8 heteroatoms. The maximum atomic E-state index is 12.2. The van der Waals surface area contributed by atoms with Crippen LogP contribution in [0.25, 0.3) is 10.2 Å². The number of benzene rings is 2. The first-order valence-electron chi connectivity index (χ1n) is 8.45. The van der Waals surface area contributed by atoms with Crippen molar-refractivity contribution >= 4 is 50.8 Å². The maximum Gasteiger partial charge on any atom is 0.248 e. The van der Waals surface area contributed by atoms with Crippen LogP contribution in [0.1, 0.15) is 12.8 Å². The molecular formula is C19H17ClN2O3S2. The molecule has 0 N–H and O–H groups in total. The summed E-state index contributed by atoms with van der Waals surface area (Å²) >= 11 is 9.07. The fourth-order valence-corrected chi connectivity index (χ4v) is 4.76. The maximum absolute atomic E-state index is 12.2. The van der Waals surface area contributed by atoms with Crippen LogP contribution in [0, 0.1) is 0 Å². The summed E-state index contributed by atoms with van der Waals surface area (Å²) in [6.07, 6.45) is 1.21. The number of halogens is 1. The first-order valence-corrected chi connectivity index (χ1v) is 10.6. The standard InChI is InChI=1S/C19H17ClN2O3S2/c1-22-14-9-15-16(25-11-24-15)10-17(14)27-19(22)21-18(23)3-2-8-26-13-6-4-12(20)5-7-13/h4-7,9-10H,2-3,8,11H2,1H3. The van der Waals surface area contributed by atoms with Crippen molar-refractivity contribution in [3.63, 3.8) is 0 Å². The van der Waals surface area contributed by atoms with Gasteiger partial charge >= 0.3 is 0 Å². The van der Waals surface area contributed by atoms with Crippen LogP contribution in [0.15, 0.2) is 46.3 Å². The molecule has 2 aromatic carbocycles. The van der Waals surface area contributed by atoms with Crippen LogP contribution in [-0.2, 0) is 11.8 Å². The van der Waals surface area contributed by atoms with Gasteiger partial charge in [0.15, 0.2) is 16.3 Å². The van der Waals surface area contributed by atoms with Gasteiger partial charge in [0.1, 0.15) is 0 Å². The molecule has 1 aliphatic rings. The molecule has 140 valence electrons. The quantitative estimate of drug-likeness (QED) is 0.446. The SMILES string of the molecule is Cn1c(=NC(=O)CCCSc2ccc(Cl)cc2)sc2cc3c(cc21)OCO3. The van der Waals surface area contributed by atoms with Gasteiger partial charge in [-0.1, -0.05) is 22.9 Å². The van der Waals surface area contributed by atoms with E-state index >= 15 is 0 Å². The lowest BCUT2D eigenvalue weighted by atomic mass is 10.3. The van der Waals surface area contributed by atoms with E-state index in [0.717, 1.165) is 43.8 Å². The molecule has 2 heterocycles. The third-order valence-electron chi connectivity index (χ3n) is 4.14. The van der Waals surface area contributed by atoms with E-state index in [1.54, 1.807) is 11.8 Å². The summed E-state index contributed by atoms with van der Waals surface area (Å²) in [7, 11) is 1.91. The van der Waals surface area contributed by atoms with Gasteiger partial charge in [0.05, 0.1) is 10.2 Å². The van der Waals surface area contributed by atoms with Gasteiger partial charge in [-0.2, -0.15) is 4.99 Å². The van der Waals surface area contributed by atoms with E-state index in [-0.39, 0.29) is 12.7 Å². The highest BCUT2D eigenvalue weighted by atomic mass is 35.5. The van der Waals surface area contributed by atoms with E-state index in [1.807, 2.05) is 48.0 Å². The predicted molar refractivity (Wildman–Crippen MR) is 109 cm³/mol. The summed E-state index contributed by atoms with van der Waals surface area (Å²) < 4.78 is 13.8. The van der Waals surface area contributed by atoms with E-state index in [2.05, 4.69) is 4.99 Å². The number of amides is 1. The molecule has 1 amide bonds. The predicted octanol–water partition coefficient (Wildman–Crippen LogP) is 4.62. The average Bonchev–Trinajstić information content (AvgIpc) is 3.23. The second kappa shape index (κ2) is 7.96. The number of nitrogens with zero attached hydrogens (tertiary/aromatic N) is 2. The van der Waals surface area contributed by atoms with E-state index < -0.39 is 0 Å². The first-order chi connectivity index (χ1) is 13.1. The summed E-state index contributed by atoms with van der Waals surface area (Å²) in [5, 5.41) is 0.730. The first kappa shape index (κ1) is 18.4. The van der Waals surface area contributed by atoms with Gasteiger partial charge in [0.25, 0.3) is 0 Å². The molecule has 0 spiro atoms. The summed E-state index contributed by atoms with van der Waals surface area (Å²) in [6.45, 7) is 0.250. The Morgan fingerprint density at radius 3 is 2.78 bits per heavy atom. The summed E-state index contributed by atoms with van der Waals surface area (Å²) in [5.41, 5.74) is 0.981. The number of fused-ring (bicyclic) bond motifs is 2. The Morgan fingerprint density at radius 1 is 1.26 bits per heavy atom. The molecule has 0 aliphatic carbocycles. The number of carbonyl (C=O) groups excluding carboxylic acids is 1. The molecule has 0 unspecified atom stereocenters. The number of aromatic nitrogens is 1. The molecule has 1 aromatic heterocycles. The van der Waals surface area contributed by atoms with Crippen molar-refractivity contribution in [2.24, 2.45) is 12.0 Å². The smallest absolute Gasteiger partial charge is 0.248 e. The number of carbonyl (C=O) groups is 1. The molecule has 3 aromatic rings. The van der Waals surface area contributed by atoms with Crippen LogP contribution in [0.3, 0.4) is 0 Å². The number of aryl methyl sites for hydroxylation is 1. The van der Waals surface area contributed by atoms with Crippen molar-refractivity contribution in [1.29, 1.82) is 0 Å². The van der Waals surface area contributed by atoms with Crippen LogP contribution in [-0.4, -0.2) is 23.0 Å². The van der Waals surface area contributed by atoms with Crippen molar-refractivity contribution in [2.45, 2.75) is 17.7 Å². The van der Waals surface area contributed by atoms with Gasteiger partial charge in [0, 0.05) is 35.5 Å². The molecule has 0 fully saturated rings. The van der Waals surface area contributed by atoms with Crippen molar-refractivity contribution in [3.05, 3.63) is 46.2 Å². The molecule has 1 aliphatic heterocycles. The zero-order chi connectivity index (χ0) is 18.8. The van der Waals surface area contributed by atoms with Gasteiger partial charge in [-0.05, 0) is 36.4 Å². The van der Waals surface area contributed by atoms with E-state index in [4.69, 9.17) is 21.1 Å². The number of hydrogen-bond donors (Lipinski definition) is 0. The summed E-state index contributed by atoms with van der Waals surface area (Å²) in [6, 6.07) is 11.6. The van der Waals surface area contributed by atoms with Gasteiger partial charge < -0.3 is 14.0 Å². The highest BCUT2D eigenvalue weighted by Gasteiger charge is 2.16. The number of ether oxygens (including phenoxy) is 2. The van der Waals surface area contributed by atoms with Crippen LogP contribution in [0.4, 0.5) is 0 Å². The number of thioether (sulfide) groups is 1. The topological polar surface area (TPSA) is 52.8 Å². The van der Waals surface area contributed by atoms with E-state index in [9.17, 15) is 4.79 Å². The van der Waals surface area contributed by atoms with Crippen LogP contribution >= 0.6 is 34.7 Å². The van der Waals surface area contributed by atoms with Crippen molar-refractivity contribution in [1.82, 2.24) is 4.57 Å². The van der Waals surface area contributed by atoms with Gasteiger partial charge in [0.2, 0.25) is 12.7 Å². The minimum absolute atomic E-state index is 0.103. The Kier molecular flexibility index (Phi) is 5.43. The summed E-state index contributed by atoms with van der Waals surface area (Å²) in [5.74, 6) is 2.23. The zero-order valence-corrected chi connectivity index (χ0v) is 17.0. The normalized spacial score (nSPS) is 13.5. The second-order valence-corrected chi connectivity index (χ2v) is 8.64. The fourth-order valence-electron chi connectivity index (χ4n) is 2.73. The Hall–Kier alpha value is -1.96. The van der Waals surface area contributed by atoms with Gasteiger partial charge in [-0.15, -0.1) is 11.8 Å². The summed E-state index contributed by atoms with van der Waals surface area (Å²) in [4.78, 5) is 18.4. The van der Waals surface area contributed by atoms with Gasteiger partial charge in [-0.3, -0.25) is 4.79 Å². The molecule has 0 atom stereocenters. The zero-order valence-electron chi connectivity index (χ0n) is 14.6. The molecule has 5 nitrogen and oxygen atoms in total. The largest absolute Gasteiger partial charge is 0.454 e. The Bertz CT molecular complexity index is 1060. The molecule has 0 saturated carbocycles. The monoisotopic (exact) mass is 420 g/mol. The highest BCUT2D eigenvalue weighted by molar-refractivity contribution is 7.99. The molecule has 0 saturated heterocycles. The number of rotatable bonds is 5. The van der Waals surface area contributed by atoms with Crippen molar-refractivity contribution < 1.29 is 14.3 Å². The van der Waals surface area contributed by atoms with Crippen molar-refractivity contribution in [2.75, 3.05) is 12.5 Å². The lowest BCUT2D eigenvalue weighted by Crippen LogP contribution is -2.13. The molecule has 4 rings (SSSR count). The lowest BCUT2D eigenvalue weighted by molar-refractivity contribution is -0.118. The molecule has 27 heavy (non-hydrogen) atoms. The van der Waals surface area contributed by atoms with Crippen LogP contribution in [0.5, 0.6) is 11.5 Å². The van der Waals surface area contributed by atoms with Crippen molar-refractivity contribution in [3.8, 4) is 11.5 Å². The Morgan fingerprint density at radius 2 is 2.00 bits per heavy atom. The minimum Gasteiger partial charge on any atom is -0.454 e. The lowest BCUT2D eigenvalue weighted by Gasteiger charge is -2.00. The van der Waals surface area contributed by atoms with E-state index in [1.165, 1.54) is 11.3 Å².